The van der Waals surface area contributed by atoms with Crippen LogP contribution in [0.3, 0.4) is 0 Å². The number of benzene rings is 2. The molecule has 0 saturated carbocycles. The van der Waals surface area contributed by atoms with Crippen LogP contribution in [0.4, 0.5) is 0 Å². The van der Waals surface area contributed by atoms with Crippen LogP contribution in [0.15, 0.2) is 59.5 Å². The molecule has 1 aliphatic rings. The molecule has 1 fully saturated rings. The number of carbonyl (C=O) groups excluding carboxylic acids is 2. The van der Waals surface area contributed by atoms with E-state index in [0.29, 0.717) is 13.0 Å². The Bertz CT molecular complexity index is 989. The van der Waals surface area contributed by atoms with Crippen molar-refractivity contribution < 1.29 is 18.0 Å². The Labute approximate surface area is 177 Å². The van der Waals surface area contributed by atoms with E-state index in [1.165, 1.54) is 26.2 Å². The maximum Gasteiger partial charge on any atom is 0.247 e. The van der Waals surface area contributed by atoms with Crippen LogP contribution in [0.5, 0.6) is 0 Å². The monoisotopic (exact) mass is 429 g/mol. The zero-order valence-corrected chi connectivity index (χ0v) is 18.1. The van der Waals surface area contributed by atoms with Crippen molar-refractivity contribution in [3.8, 4) is 0 Å². The molecule has 1 N–H and O–H groups in total. The SMILES string of the molecule is CN(C)S(=O)(=O)c1ccc(CNC(=O)C(c2ccccc2)N2CCCCC2=O)cc1. The third kappa shape index (κ3) is 4.88. The highest BCUT2D eigenvalue weighted by molar-refractivity contribution is 7.89. The van der Waals surface area contributed by atoms with Crippen LogP contribution in [0.2, 0.25) is 0 Å². The number of rotatable bonds is 7. The van der Waals surface area contributed by atoms with E-state index in [-0.39, 0.29) is 23.3 Å². The van der Waals surface area contributed by atoms with Crippen LogP contribution in [0.25, 0.3) is 0 Å². The summed E-state index contributed by atoms with van der Waals surface area (Å²) in [7, 11) is -0.531. The van der Waals surface area contributed by atoms with Gasteiger partial charge in [-0.2, -0.15) is 0 Å². The number of carbonyl (C=O) groups is 2. The van der Waals surface area contributed by atoms with Gasteiger partial charge >= 0.3 is 0 Å². The van der Waals surface area contributed by atoms with Gasteiger partial charge in [0.2, 0.25) is 21.8 Å². The second kappa shape index (κ2) is 9.40. The molecule has 2 amide bonds. The van der Waals surface area contributed by atoms with Crippen molar-refractivity contribution in [1.82, 2.24) is 14.5 Å². The minimum atomic E-state index is -3.49. The molecule has 0 radical (unpaired) electrons. The van der Waals surface area contributed by atoms with E-state index in [1.54, 1.807) is 17.0 Å². The molecule has 1 atom stereocenters. The third-order valence-corrected chi connectivity index (χ3v) is 7.03. The van der Waals surface area contributed by atoms with Crippen LogP contribution in [0, 0.1) is 0 Å². The molecular formula is C22H27N3O4S. The zero-order chi connectivity index (χ0) is 21.7. The van der Waals surface area contributed by atoms with E-state index >= 15 is 0 Å². The minimum Gasteiger partial charge on any atom is -0.350 e. The van der Waals surface area contributed by atoms with Gasteiger partial charge in [0, 0.05) is 33.6 Å². The average Bonchev–Trinajstić information content (AvgIpc) is 2.75. The van der Waals surface area contributed by atoms with Gasteiger partial charge in [-0.15, -0.1) is 0 Å². The second-order valence-corrected chi connectivity index (χ2v) is 9.66. The van der Waals surface area contributed by atoms with Gasteiger partial charge in [0.1, 0.15) is 6.04 Å². The number of hydrogen-bond acceptors (Lipinski definition) is 4. The first-order valence-corrected chi connectivity index (χ1v) is 11.4. The first kappa shape index (κ1) is 22.0. The number of sulfonamides is 1. The van der Waals surface area contributed by atoms with Crippen LogP contribution >= 0.6 is 0 Å². The maximum absolute atomic E-state index is 13.1. The van der Waals surface area contributed by atoms with Crippen molar-refractivity contribution in [2.45, 2.75) is 36.7 Å². The molecule has 0 aliphatic carbocycles. The van der Waals surface area contributed by atoms with Crippen molar-refractivity contribution in [1.29, 1.82) is 0 Å². The number of hydrogen-bond donors (Lipinski definition) is 1. The largest absolute Gasteiger partial charge is 0.350 e. The van der Waals surface area contributed by atoms with E-state index < -0.39 is 16.1 Å². The molecule has 1 saturated heterocycles. The van der Waals surface area contributed by atoms with Crippen molar-refractivity contribution >= 4 is 21.8 Å². The highest BCUT2D eigenvalue weighted by Crippen LogP contribution is 2.26. The van der Waals surface area contributed by atoms with Gasteiger partial charge in [-0.1, -0.05) is 42.5 Å². The fourth-order valence-corrected chi connectivity index (χ4v) is 4.39. The highest BCUT2D eigenvalue weighted by atomic mass is 32.2. The molecule has 1 aliphatic heterocycles. The zero-order valence-electron chi connectivity index (χ0n) is 17.2. The normalized spacial score (nSPS) is 15.8. The van der Waals surface area contributed by atoms with Crippen molar-refractivity contribution in [2.75, 3.05) is 20.6 Å². The average molecular weight is 430 g/mol. The number of nitrogens with zero attached hydrogens (tertiary/aromatic N) is 2. The predicted octanol–water partition coefficient (Wildman–Crippen LogP) is 2.31. The molecule has 0 aromatic heterocycles. The van der Waals surface area contributed by atoms with Gasteiger partial charge in [0.15, 0.2) is 0 Å². The number of nitrogens with one attached hydrogen (secondary N) is 1. The molecule has 0 spiro atoms. The molecule has 1 heterocycles. The lowest BCUT2D eigenvalue weighted by atomic mass is 10.0. The molecule has 30 heavy (non-hydrogen) atoms. The Morgan fingerprint density at radius 1 is 1.07 bits per heavy atom. The molecule has 160 valence electrons. The molecule has 2 aromatic rings. The Hall–Kier alpha value is -2.71. The van der Waals surface area contributed by atoms with E-state index in [2.05, 4.69) is 5.32 Å². The van der Waals surface area contributed by atoms with Gasteiger partial charge < -0.3 is 10.2 Å². The predicted molar refractivity (Wildman–Crippen MR) is 114 cm³/mol. The van der Waals surface area contributed by atoms with Gasteiger partial charge in [-0.25, -0.2) is 12.7 Å². The Morgan fingerprint density at radius 2 is 1.73 bits per heavy atom. The summed E-state index contributed by atoms with van der Waals surface area (Å²) >= 11 is 0. The van der Waals surface area contributed by atoms with E-state index in [0.717, 1.165) is 28.3 Å². The molecule has 3 rings (SSSR count). The van der Waals surface area contributed by atoms with E-state index in [1.807, 2.05) is 30.3 Å². The molecule has 7 nitrogen and oxygen atoms in total. The third-order valence-electron chi connectivity index (χ3n) is 5.20. The number of likely N-dealkylation sites (tertiary alicyclic amines) is 1. The van der Waals surface area contributed by atoms with E-state index in [4.69, 9.17) is 0 Å². The van der Waals surface area contributed by atoms with Crippen LogP contribution in [0.1, 0.15) is 36.4 Å². The lowest BCUT2D eigenvalue weighted by molar-refractivity contribution is -0.142. The summed E-state index contributed by atoms with van der Waals surface area (Å²) in [5.41, 5.74) is 1.55. The summed E-state index contributed by atoms with van der Waals surface area (Å²) in [6, 6.07) is 15.0. The molecular weight excluding hydrogens is 402 g/mol. The maximum atomic E-state index is 13.1. The quantitative estimate of drug-likeness (QED) is 0.732. The minimum absolute atomic E-state index is 0.0106. The Morgan fingerprint density at radius 3 is 2.33 bits per heavy atom. The van der Waals surface area contributed by atoms with E-state index in [9.17, 15) is 18.0 Å². The van der Waals surface area contributed by atoms with Crippen molar-refractivity contribution in [2.24, 2.45) is 0 Å². The summed E-state index contributed by atoms with van der Waals surface area (Å²) in [5, 5.41) is 2.90. The van der Waals surface area contributed by atoms with Gasteiger partial charge in [-0.05, 0) is 36.1 Å². The first-order chi connectivity index (χ1) is 14.3. The van der Waals surface area contributed by atoms with Gasteiger partial charge in [-0.3, -0.25) is 9.59 Å². The fourth-order valence-electron chi connectivity index (χ4n) is 3.48. The van der Waals surface area contributed by atoms with Crippen LogP contribution < -0.4 is 5.32 Å². The van der Waals surface area contributed by atoms with Gasteiger partial charge in [0.05, 0.1) is 4.90 Å². The lowest BCUT2D eigenvalue weighted by Gasteiger charge is -2.34. The Kier molecular flexibility index (Phi) is 6.89. The standard InChI is InChI=1S/C22H27N3O4S/c1-24(2)30(28,29)19-13-11-17(12-14-19)16-23-22(27)21(18-8-4-3-5-9-18)25-15-7-6-10-20(25)26/h3-5,8-9,11-14,21H,6-7,10,15-16H2,1-2H3,(H,23,27). The molecule has 2 aromatic carbocycles. The number of amides is 2. The Balaban J connectivity index is 1.74. The lowest BCUT2D eigenvalue weighted by Crippen LogP contribution is -2.45. The summed E-state index contributed by atoms with van der Waals surface area (Å²) in [6.45, 7) is 0.801. The molecule has 0 bridgehead atoms. The van der Waals surface area contributed by atoms with Crippen molar-refractivity contribution in [3.05, 3.63) is 65.7 Å². The second-order valence-electron chi connectivity index (χ2n) is 7.51. The smallest absolute Gasteiger partial charge is 0.247 e. The first-order valence-electron chi connectivity index (χ1n) is 9.94. The summed E-state index contributed by atoms with van der Waals surface area (Å²) in [5.74, 6) is -0.259. The van der Waals surface area contributed by atoms with Gasteiger partial charge in [0.25, 0.3) is 0 Å². The summed E-state index contributed by atoms with van der Waals surface area (Å²) in [4.78, 5) is 27.4. The summed E-state index contributed by atoms with van der Waals surface area (Å²) in [6.07, 6.45) is 2.18. The van der Waals surface area contributed by atoms with Crippen molar-refractivity contribution in [3.63, 3.8) is 0 Å². The van der Waals surface area contributed by atoms with Crippen LogP contribution in [-0.2, 0) is 26.2 Å². The van der Waals surface area contributed by atoms with Crippen LogP contribution in [-0.4, -0.2) is 50.1 Å². The molecule has 8 heteroatoms. The highest BCUT2D eigenvalue weighted by Gasteiger charge is 2.32. The summed E-state index contributed by atoms with van der Waals surface area (Å²) < 4.78 is 25.5. The topological polar surface area (TPSA) is 86.8 Å². The molecule has 1 unspecified atom stereocenters. The fraction of sp³-hybridized carbons (Fsp3) is 0.364. The number of piperidine rings is 1.